The van der Waals surface area contributed by atoms with Crippen LogP contribution in [0.2, 0.25) is 0 Å². The maximum absolute atomic E-state index is 12.0. The van der Waals surface area contributed by atoms with Gasteiger partial charge < -0.3 is 16.0 Å². The summed E-state index contributed by atoms with van der Waals surface area (Å²) in [5, 5.41) is 3.08. The predicted octanol–water partition coefficient (Wildman–Crippen LogP) is 1.60. The summed E-state index contributed by atoms with van der Waals surface area (Å²) in [5.41, 5.74) is 6.07. The maximum Gasteiger partial charge on any atom is 0.220 e. The van der Waals surface area contributed by atoms with Crippen LogP contribution in [-0.2, 0) is 4.79 Å². The monoisotopic (exact) mass is 269 g/mol. The molecule has 19 heavy (non-hydrogen) atoms. The molecule has 1 aliphatic carbocycles. The highest BCUT2D eigenvalue weighted by Gasteiger charge is 2.23. The Labute approximate surface area is 118 Å². The molecule has 1 fully saturated rings. The molecule has 112 valence electrons. The van der Waals surface area contributed by atoms with Crippen molar-refractivity contribution in [1.29, 1.82) is 0 Å². The van der Waals surface area contributed by atoms with Crippen LogP contribution in [0.3, 0.4) is 0 Å². The minimum atomic E-state index is 0.113. The number of amides is 1. The van der Waals surface area contributed by atoms with E-state index in [1.54, 1.807) is 0 Å². The number of hydrogen-bond donors (Lipinski definition) is 2. The second-order valence-electron chi connectivity index (χ2n) is 7.18. The molecule has 0 aromatic rings. The first-order valence-electron chi connectivity index (χ1n) is 7.45. The summed E-state index contributed by atoms with van der Waals surface area (Å²) >= 11 is 0. The van der Waals surface area contributed by atoms with Gasteiger partial charge in [0.05, 0.1) is 0 Å². The Balaban J connectivity index is 2.27. The largest absolute Gasteiger partial charge is 0.356 e. The molecule has 1 aliphatic rings. The van der Waals surface area contributed by atoms with Gasteiger partial charge in [0.1, 0.15) is 0 Å². The van der Waals surface area contributed by atoms with Gasteiger partial charge in [0, 0.05) is 25.6 Å². The molecule has 2 unspecified atom stereocenters. The molecule has 0 saturated heterocycles. The lowest BCUT2D eigenvalue weighted by Gasteiger charge is -2.29. The van der Waals surface area contributed by atoms with Crippen LogP contribution in [0.4, 0.5) is 0 Å². The number of nitrogens with zero attached hydrogens (tertiary/aromatic N) is 1. The summed E-state index contributed by atoms with van der Waals surface area (Å²) in [5.74, 6) is 0.673. The average molecular weight is 269 g/mol. The van der Waals surface area contributed by atoms with E-state index in [1.807, 2.05) is 0 Å². The Bertz CT molecular complexity index is 289. The van der Waals surface area contributed by atoms with Gasteiger partial charge in [-0.3, -0.25) is 4.79 Å². The molecule has 3 N–H and O–H groups in total. The first kappa shape index (κ1) is 16.4. The highest BCUT2D eigenvalue weighted by molar-refractivity contribution is 5.76. The van der Waals surface area contributed by atoms with Gasteiger partial charge in [-0.15, -0.1) is 0 Å². The van der Waals surface area contributed by atoms with Crippen molar-refractivity contribution in [2.45, 2.75) is 52.0 Å². The summed E-state index contributed by atoms with van der Waals surface area (Å²) in [6, 6.07) is 0.303. The minimum absolute atomic E-state index is 0.113. The summed E-state index contributed by atoms with van der Waals surface area (Å²) in [6.45, 7) is 6.08. The fourth-order valence-electron chi connectivity index (χ4n) is 3.10. The number of nitrogens with two attached hydrogens (primary N) is 1. The van der Waals surface area contributed by atoms with Crippen LogP contribution < -0.4 is 11.1 Å². The molecule has 4 nitrogen and oxygen atoms in total. The smallest absolute Gasteiger partial charge is 0.220 e. The highest BCUT2D eigenvalue weighted by Crippen LogP contribution is 2.25. The van der Waals surface area contributed by atoms with Crippen LogP contribution in [0, 0.1) is 11.3 Å². The molecule has 4 heteroatoms. The van der Waals surface area contributed by atoms with Crippen molar-refractivity contribution in [3.8, 4) is 0 Å². The van der Waals surface area contributed by atoms with E-state index in [0.29, 0.717) is 18.4 Å². The van der Waals surface area contributed by atoms with E-state index in [4.69, 9.17) is 5.73 Å². The fourth-order valence-corrected chi connectivity index (χ4v) is 3.10. The Morgan fingerprint density at radius 2 is 2.05 bits per heavy atom. The van der Waals surface area contributed by atoms with Gasteiger partial charge in [0.15, 0.2) is 0 Å². The van der Waals surface area contributed by atoms with Crippen LogP contribution in [0.15, 0.2) is 0 Å². The summed E-state index contributed by atoms with van der Waals surface area (Å²) < 4.78 is 0. The standard InChI is InChI=1S/C15H31N3O/c1-15(2,11-18(3)4)10-17-14(19)9-12-6-5-7-13(16)8-12/h12-13H,5-11,16H2,1-4H3,(H,17,19). The number of hydrogen-bond acceptors (Lipinski definition) is 3. The van der Waals surface area contributed by atoms with Crippen LogP contribution in [0.1, 0.15) is 46.0 Å². The normalized spacial score (nSPS) is 24.5. The van der Waals surface area contributed by atoms with E-state index in [0.717, 1.165) is 32.4 Å². The number of carbonyl (C=O) groups excluding carboxylic acids is 1. The first-order valence-corrected chi connectivity index (χ1v) is 7.45. The van der Waals surface area contributed by atoms with Gasteiger partial charge in [-0.25, -0.2) is 0 Å². The topological polar surface area (TPSA) is 58.4 Å². The van der Waals surface area contributed by atoms with Gasteiger partial charge in [-0.1, -0.05) is 20.3 Å². The van der Waals surface area contributed by atoms with Gasteiger partial charge in [0.25, 0.3) is 0 Å². The molecular formula is C15H31N3O. The quantitative estimate of drug-likeness (QED) is 0.770. The Morgan fingerprint density at radius 1 is 1.37 bits per heavy atom. The maximum atomic E-state index is 12.0. The van der Waals surface area contributed by atoms with Gasteiger partial charge >= 0.3 is 0 Å². The Hall–Kier alpha value is -0.610. The van der Waals surface area contributed by atoms with Crippen LogP contribution >= 0.6 is 0 Å². The molecule has 0 aromatic carbocycles. The fraction of sp³-hybridized carbons (Fsp3) is 0.933. The zero-order valence-electron chi connectivity index (χ0n) is 13.0. The predicted molar refractivity (Wildman–Crippen MR) is 79.9 cm³/mol. The lowest BCUT2D eigenvalue weighted by atomic mass is 9.84. The highest BCUT2D eigenvalue weighted by atomic mass is 16.1. The van der Waals surface area contributed by atoms with Crippen LogP contribution in [0.25, 0.3) is 0 Å². The molecule has 0 spiro atoms. The van der Waals surface area contributed by atoms with Gasteiger partial charge in [0.2, 0.25) is 5.91 Å². The van der Waals surface area contributed by atoms with Crippen molar-refractivity contribution < 1.29 is 4.79 Å². The summed E-state index contributed by atoms with van der Waals surface area (Å²) in [4.78, 5) is 14.1. The van der Waals surface area contributed by atoms with E-state index in [9.17, 15) is 4.79 Å². The van der Waals surface area contributed by atoms with Crippen molar-refractivity contribution in [3.05, 3.63) is 0 Å². The van der Waals surface area contributed by atoms with Crippen molar-refractivity contribution >= 4 is 5.91 Å². The van der Waals surface area contributed by atoms with E-state index >= 15 is 0 Å². The third-order valence-corrected chi connectivity index (χ3v) is 3.81. The molecule has 0 radical (unpaired) electrons. The molecular weight excluding hydrogens is 238 g/mol. The minimum Gasteiger partial charge on any atom is -0.356 e. The first-order chi connectivity index (χ1) is 8.78. The third-order valence-electron chi connectivity index (χ3n) is 3.81. The number of rotatable bonds is 6. The van der Waals surface area contributed by atoms with Gasteiger partial charge in [-0.2, -0.15) is 0 Å². The molecule has 1 amide bonds. The summed E-state index contributed by atoms with van der Waals surface area (Å²) in [7, 11) is 4.12. The molecule has 0 aromatic heterocycles. The zero-order valence-corrected chi connectivity index (χ0v) is 13.0. The molecule has 2 atom stereocenters. The second kappa shape index (κ2) is 7.25. The Kier molecular flexibility index (Phi) is 6.27. The van der Waals surface area contributed by atoms with E-state index in [1.165, 1.54) is 6.42 Å². The van der Waals surface area contributed by atoms with Crippen molar-refractivity contribution in [1.82, 2.24) is 10.2 Å². The van der Waals surface area contributed by atoms with Crippen LogP contribution in [-0.4, -0.2) is 44.0 Å². The third kappa shape index (κ3) is 6.92. The molecule has 0 aliphatic heterocycles. The van der Waals surface area contributed by atoms with Crippen molar-refractivity contribution in [2.24, 2.45) is 17.1 Å². The number of nitrogens with one attached hydrogen (secondary N) is 1. The average Bonchev–Trinajstić information content (AvgIpc) is 2.25. The Morgan fingerprint density at radius 3 is 2.63 bits per heavy atom. The summed E-state index contributed by atoms with van der Waals surface area (Å²) in [6.07, 6.45) is 5.10. The molecule has 0 heterocycles. The van der Waals surface area contributed by atoms with E-state index < -0.39 is 0 Å². The second-order valence-corrected chi connectivity index (χ2v) is 7.18. The molecule has 0 bridgehead atoms. The molecule has 1 rings (SSSR count). The van der Waals surface area contributed by atoms with E-state index in [-0.39, 0.29) is 11.3 Å². The number of carbonyl (C=O) groups is 1. The van der Waals surface area contributed by atoms with E-state index in [2.05, 4.69) is 38.2 Å². The van der Waals surface area contributed by atoms with Crippen molar-refractivity contribution in [3.63, 3.8) is 0 Å². The SMILES string of the molecule is CN(C)CC(C)(C)CNC(=O)CC1CCCC(N)C1. The molecule has 1 saturated carbocycles. The lowest BCUT2D eigenvalue weighted by molar-refractivity contribution is -0.122. The van der Waals surface area contributed by atoms with Gasteiger partial charge in [-0.05, 0) is 44.7 Å². The lowest BCUT2D eigenvalue weighted by Crippen LogP contribution is -2.40. The zero-order chi connectivity index (χ0) is 14.5. The van der Waals surface area contributed by atoms with Crippen molar-refractivity contribution in [2.75, 3.05) is 27.2 Å². The van der Waals surface area contributed by atoms with Crippen LogP contribution in [0.5, 0.6) is 0 Å².